The molecule has 5 heteroatoms. The number of rotatable bonds is 0. The molecule has 0 saturated carbocycles. The van der Waals surface area contributed by atoms with E-state index in [2.05, 4.69) is 9.97 Å². The van der Waals surface area contributed by atoms with Crippen LogP contribution in [0.25, 0.3) is 11.0 Å². The van der Waals surface area contributed by atoms with Crippen LogP contribution in [0.4, 0.5) is 13.2 Å². The molecule has 2 aromatic rings. The molecule has 0 aliphatic heterocycles. The van der Waals surface area contributed by atoms with Crippen molar-refractivity contribution < 1.29 is 13.2 Å². The van der Waals surface area contributed by atoms with Gasteiger partial charge in [0.15, 0.2) is 5.69 Å². The van der Waals surface area contributed by atoms with Gasteiger partial charge in [-0.3, -0.25) is 4.98 Å². The zero-order valence-corrected chi connectivity index (χ0v) is 8.76. The maximum atomic E-state index is 12.4. The van der Waals surface area contributed by atoms with Gasteiger partial charge < -0.3 is 0 Å². The third-order valence-corrected chi connectivity index (χ3v) is 2.45. The average Bonchev–Trinajstić information content (AvgIpc) is 2.17. The molecule has 2 rings (SSSR count). The highest BCUT2D eigenvalue weighted by Crippen LogP contribution is 2.28. The molecule has 16 heavy (non-hydrogen) atoms. The summed E-state index contributed by atoms with van der Waals surface area (Å²) in [6.07, 6.45) is -3.68. The lowest BCUT2D eigenvalue weighted by atomic mass is 10.1. The van der Waals surface area contributed by atoms with E-state index < -0.39 is 11.9 Å². The number of fused-ring (bicyclic) bond motifs is 1. The molecule has 0 atom stereocenters. The molecule has 0 amide bonds. The van der Waals surface area contributed by atoms with Crippen LogP contribution in [-0.4, -0.2) is 9.97 Å². The first kappa shape index (κ1) is 10.9. The van der Waals surface area contributed by atoms with Crippen LogP contribution in [0, 0.1) is 13.8 Å². The zero-order valence-electron chi connectivity index (χ0n) is 8.76. The normalized spacial score (nSPS) is 12.1. The first-order valence-electron chi connectivity index (χ1n) is 4.69. The predicted molar refractivity (Wildman–Crippen MR) is 54.0 cm³/mol. The summed E-state index contributed by atoms with van der Waals surface area (Å²) in [6, 6.07) is 3.35. The number of hydrogen-bond acceptors (Lipinski definition) is 2. The van der Waals surface area contributed by atoms with Crippen molar-refractivity contribution in [2.24, 2.45) is 0 Å². The monoisotopic (exact) mass is 226 g/mol. The van der Waals surface area contributed by atoms with E-state index in [-0.39, 0.29) is 5.52 Å². The Kier molecular flexibility index (Phi) is 2.33. The minimum Gasteiger partial charge on any atom is -0.252 e. The Morgan fingerprint density at radius 2 is 1.56 bits per heavy atom. The average molecular weight is 226 g/mol. The van der Waals surface area contributed by atoms with Crippen LogP contribution in [0.5, 0.6) is 0 Å². The van der Waals surface area contributed by atoms with Crippen molar-refractivity contribution in [3.63, 3.8) is 0 Å². The SMILES string of the molecule is Cc1cc2ncc(C(F)(F)F)nc2cc1C. The van der Waals surface area contributed by atoms with Crippen LogP contribution < -0.4 is 0 Å². The van der Waals surface area contributed by atoms with Crippen LogP contribution in [0.1, 0.15) is 16.8 Å². The lowest BCUT2D eigenvalue weighted by molar-refractivity contribution is -0.141. The van der Waals surface area contributed by atoms with Gasteiger partial charge in [0, 0.05) is 0 Å². The minimum absolute atomic E-state index is 0.276. The Balaban J connectivity index is 2.67. The maximum absolute atomic E-state index is 12.4. The Labute approximate surface area is 90.1 Å². The van der Waals surface area contributed by atoms with Gasteiger partial charge in [-0.05, 0) is 37.1 Å². The minimum atomic E-state index is -4.44. The zero-order chi connectivity index (χ0) is 11.9. The van der Waals surface area contributed by atoms with Gasteiger partial charge in [-0.25, -0.2) is 4.98 Å². The summed E-state index contributed by atoms with van der Waals surface area (Å²) < 4.78 is 37.2. The van der Waals surface area contributed by atoms with Crippen LogP contribution in [0.15, 0.2) is 18.3 Å². The molecule has 0 aliphatic rings. The Morgan fingerprint density at radius 3 is 2.12 bits per heavy atom. The number of alkyl halides is 3. The van der Waals surface area contributed by atoms with Gasteiger partial charge in [-0.15, -0.1) is 0 Å². The van der Waals surface area contributed by atoms with Crippen molar-refractivity contribution in [1.29, 1.82) is 0 Å². The Hall–Kier alpha value is -1.65. The van der Waals surface area contributed by atoms with E-state index in [4.69, 9.17) is 0 Å². The topological polar surface area (TPSA) is 25.8 Å². The van der Waals surface area contributed by atoms with E-state index in [1.807, 2.05) is 13.8 Å². The summed E-state index contributed by atoms with van der Waals surface area (Å²) in [5, 5.41) is 0. The van der Waals surface area contributed by atoms with Crippen molar-refractivity contribution >= 4 is 11.0 Å². The largest absolute Gasteiger partial charge is 0.434 e. The van der Waals surface area contributed by atoms with Gasteiger partial charge >= 0.3 is 6.18 Å². The molecule has 1 aromatic carbocycles. The van der Waals surface area contributed by atoms with Gasteiger partial charge in [-0.1, -0.05) is 0 Å². The van der Waals surface area contributed by atoms with E-state index in [0.717, 1.165) is 17.3 Å². The second-order valence-electron chi connectivity index (χ2n) is 3.68. The molecule has 0 unspecified atom stereocenters. The first-order chi connectivity index (χ1) is 7.38. The molecule has 0 N–H and O–H groups in total. The fourth-order valence-electron chi connectivity index (χ4n) is 1.40. The molecule has 0 bridgehead atoms. The van der Waals surface area contributed by atoms with Gasteiger partial charge in [0.2, 0.25) is 0 Å². The number of benzene rings is 1. The summed E-state index contributed by atoms with van der Waals surface area (Å²) in [5.41, 5.74) is 1.69. The summed E-state index contributed by atoms with van der Waals surface area (Å²) in [4.78, 5) is 7.33. The molecule has 0 fully saturated rings. The highest BCUT2D eigenvalue weighted by Gasteiger charge is 2.33. The van der Waals surface area contributed by atoms with Crippen LogP contribution in [0.3, 0.4) is 0 Å². The smallest absolute Gasteiger partial charge is 0.252 e. The summed E-state index contributed by atoms with van der Waals surface area (Å²) in [7, 11) is 0. The van der Waals surface area contributed by atoms with Crippen LogP contribution in [0.2, 0.25) is 0 Å². The van der Waals surface area contributed by atoms with E-state index in [1.165, 1.54) is 0 Å². The van der Waals surface area contributed by atoms with Crippen molar-refractivity contribution in [3.8, 4) is 0 Å². The molecule has 0 saturated heterocycles. The van der Waals surface area contributed by atoms with Crippen LogP contribution >= 0.6 is 0 Å². The number of halogens is 3. The van der Waals surface area contributed by atoms with E-state index in [9.17, 15) is 13.2 Å². The van der Waals surface area contributed by atoms with Crippen molar-refractivity contribution in [2.75, 3.05) is 0 Å². The highest BCUT2D eigenvalue weighted by molar-refractivity contribution is 5.76. The van der Waals surface area contributed by atoms with E-state index in [1.54, 1.807) is 12.1 Å². The molecule has 1 heterocycles. The summed E-state index contributed by atoms with van der Waals surface area (Å²) in [5.74, 6) is 0. The molecule has 1 aromatic heterocycles. The third kappa shape index (κ3) is 1.85. The van der Waals surface area contributed by atoms with Crippen molar-refractivity contribution in [2.45, 2.75) is 20.0 Å². The second-order valence-corrected chi connectivity index (χ2v) is 3.68. The molecule has 0 spiro atoms. The molecule has 2 nitrogen and oxygen atoms in total. The lowest BCUT2D eigenvalue weighted by Crippen LogP contribution is -2.08. The summed E-state index contributed by atoms with van der Waals surface area (Å²) >= 11 is 0. The maximum Gasteiger partial charge on any atom is 0.434 e. The molecule has 84 valence electrons. The number of hydrogen-bond donors (Lipinski definition) is 0. The fraction of sp³-hybridized carbons (Fsp3) is 0.273. The standard InChI is InChI=1S/C11H9F3N2/c1-6-3-8-9(4-7(6)2)16-10(5-15-8)11(12,13)14/h3-5H,1-2H3. The second kappa shape index (κ2) is 3.43. The van der Waals surface area contributed by atoms with Gasteiger partial charge in [0.05, 0.1) is 17.2 Å². The summed E-state index contributed by atoms with van der Waals surface area (Å²) in [6.45, 7) is 3.71. The number of aryl methyl sites for hydroxylation is 2. The van der Waals surface area contributed by atoms with Gasteiger partial charge in [0.1, 0.15) is 0 Å². The number of aromatic nitrogens is 2. The first-order valence-corrected chi connectivity index (χ1v) is 4.69. The quantitative estimate of drug-likeness (QED) is 0.689. The van der Waals surface area contributed by atoms with E-state index in [0.29, 0.717) is 5.52 Å². The van der Waals surface area contributed by atoms with E-state index >= 15 is 0 Å². The highest BCUT2D eigenvalue weighted by atomic mass is 19.4. The molecule has 0 aliphatic carbocycles. The van der Waals surface area contributed by atoms with Crippen molar-refractivity contribution in [3.05, 3.63) is 35.2 Å². The van der Waals surface area contributed by atoms with Gasteiger partial charge in [0.25, 0.3) is 0 Å². The molecular weight excluding hydrogens is 217 g/mol. The lowest BCUT2D eigenvalue weighted by Gasteiger charge is -2.07. The Bertz CT molecular complexity index is 547. The number of nitrogens with zero attached hydrogens (tertiary/aromatic N) is 2. The van der Waals surface area contributed by atoms with Gasteiger partial charge in [-0.2, -0.15) is 13.2 Å². The Morgan fingerprint density at radius 1 is 1.00 bits per heavy atom. The van der Waals surface area contributed by atoms with Crippen molar-refractivity contribution in [1.82, 2.24) is 9.97 Å². The molecule has 0 radical (unpaired) electrons. The van der Waals surface area contributed by atoms with Crippen LogP contribution in [-0.2, 0) is 6.18 Å². The fourth-order valence-corrected chi connectivity index (χ4v) is 1.40. The predicted octanol–water partition coefficient (Wildman–Crippen LogP) is 3.27. The third-order valence-electron chi connectivity index (χ3n) is 2.45. The molecular formula is C11H9F3N2.